The lowest BCUT2D eigenvalue weighted by atomic mass is 10.4. The van der Waals surface area contributed by atoms with Crippen LogP contribution < -0.4 is 9.47 Å². The summed E-state index contributed by atoms with van der Waals surface area (Å²) in [5.74, 6) is 0. The average Bonchev–Trinajstić information content (AvgIpc) is 2.56. The lowest BCUT2D eigenvalue weighted by Gasteiger charge is -1.99. The maximum atomic E-state index is 10.8. The zero-order valence-electron chi connectivity index (χ0n) is 8.48. The second kappa shape index (κ2) is 5.57. The van der Waals surface area contributed by atoms with Gasteiger partial charge in [-0.25, -0.2) is 4.79 Å². The van der Waals surface area contributed by atoms with E-state index >= 15 is 0 Å². The molecule has 0 radical (unpaired) electrons. The number of methoxy groups -OCH3 is 1. The first-order valence-corrected chi connectivity index (χ1v) is 5.09. The van der Waals surface area contributed by atoms with Gasteiger partial charge in [0.15, 0.2) is 10.1 Å². The monoisotopic (exact) mass is 232 g/mol. The summed E-state index contributed by atoms with van der Waals surface area (Å²) in [7, 11) is 1.24. The number of aliphatic hydroxyl groups excluding tert-OH is 1. The van der Waals surface area contributed by atoms with Gasteiger partial charge in [0, 0.05) is 5.56 Å². The Morgan fingerprint density at radius 3 is 2.93 bits per heavy atom. The first-order valence-electron chi connectivity index (χ1n) is 4.27. The van der Waals surface area contributed by atoms with Gasteiger partial charge in [-0.05, 0) is 13.0 Å². The van der Waals surface area contributed by atoms with Crippen LogP contribution in [0.4, 0.5) is 4.79 Å². The van der Waals surface area contributed by atoms with E-state index in [0.717, 1.165) is 5.56 Å². The predicted molar refractivity (Wildman–Crippen MR) is 54.7 cm³/mol. The van der Waals surface area contributed by atoms with E-state index in [2.05, 4.69) is 4.74 Å². The van der Waals surface area contributed by atoms with Crippen LogP contribution >= 0.6 is 11.3 Å². The molecule has 1 aromatic rings. The first kappa shape index (κ1) is 11.8. The molecule has 6 heteroatoms. The van der Waals surface area contributed by atoms with Crippen molar-refractivity contribution >= 4 is 17.5 Å². The Hall–Kier alpha value is -1.27. The predicted octanol–water partition coefficient (Wildman–Crippen LogP) is 1.57. The number of hydrogen-bond donors (Lipinski definition) is 1. The van der Waals surface area contributed by atoms with Gasteiger partial charge < -0.3 is 19.3 Å². The molecule has 1 N–H and O–H groups in total. The van der Waals surface area contributed by atoms with Gasteiger partial charge in [0.05, 0.1) is 13.7 Å². The molecule has 0 saturated heterocycles. The molecule has 0 aromatic carbocycles. The number of carbonyl (C=O) groups excluding carboxylic acids is 1. The van der Waals surface area contributed by atoms with E-state index in [4.69, 9.17) is 14.6 Å². The molecule has 0 bridgehead atoms. The Balaban J connectivity index is 2.64. The molecule has 0 amide bonds. The van der Waals surface area contributed by atoms with Crippen molar-refractivity contribution in [2.75, 3.05) is 20.3 Å². The van der Waals surface area contributed by atoms with E-state index in [1.807, 2.05) is 0 Å². The van der Waals surface area contributed by atoms with Crippen LogP contribution in [0, 0.1) is 6.92 Å². The summed E-state index contributed by atoms with van der Waals surface area (Å²) < 4.78 is 14.4. The Kier molecular flexibility index (Phi) is 4.38. The number of rotatable bonds is 4. The highest BCUT2D eigenvalue weighted by Crippen LogP contribution is 2.35. The Morgan fingerprint density at radius 2 is 2.33 bits per heavy atom. The molecule has 1 aromatic heterocycles. The zero-order valence-corrected chi connectivity index (χ0v) is 9.30. The van der Waals surface area contributed by atoms with E-state index in [-0.39, 0.29) is 13.2 Å². The molecule has 0 atom stereocenters. The maximum Gasteiger partial charge on any atom is 0.514 e. The van der Waals surface area contributed by atoms with Gasteiger partial charge in [-0.2, -0.15) is 0 Å². The number of hydrogen-bond acceptors (Lipinski definition) is 6. The fourth-order valence-electron chi connectivity index (χ4n) is 0.873. The van der Waals surface area contributed by atoms with Crippen molar-refractivity contribution in [3.8, 4) is 10.1 Å². The van der Waals surface area contributed by atoms with E-state index in [1.165, 1.54) is 18.4 Å². The van der Waals surface area contributed by atoms with E-state index in [1.54, 1.807) is 13.0 Å². The van der Waals surface area contributed by atoms with Gasteiger partial charge in [-0.3, -0.25) is 0 Å². The van der Waals surface area contributed by atoms with Gasteiger partial charge >= 0.3 is 6.16 Å². The highest BCUT2D eigenvalue weighted by Gasteiger charge is 2.11. The summed E-state index contributed by atoms with van der Waals surface area (Å²) in [6.45, 7) is 1.96. The Labute approximate surface area is 91.2 Å². The molecule has 0 saturated carbocycles. The topological polar surface area (TPSA) is 65.0 Å². The zero-order chi connectivity index (χ0) is 11.3. The van der Waals surface area contributed by atoms with Gasteiger partial charge in [-0.1, -0.05) is 11.3 Å². The summed E-state index contributed by atoms with van der Waals surface area (Å²) >= 11 is 1.19. The number of aliphatic hydroxyl groups is 1. The smallest absolute Gasteiger partial charge is 0.481 e. The van der Waals surface area contributed by atoms with E-state index in [9.17, 15) is 4.79 Å². The first-order chi connectivity index (χ1) is 7.17. The molecule has 0 aliphatic rings. The van der Waals surface area contributed by atoms with Crippen LogP contribution in [0.25, 0.3) is 0 Å². The van der Waals surface area contributed by atoms with Crippen LogP contribution in [0.2, 0.25) is 0 Å². The van der Waals surface area contributed by atoms with Crippen molar-refractivity contribution in [3.63, 3.8) is 0 Å². The standard InChI is InChI=1S/C9H12O5S/c1-6-5-7(13-4-3-10)15-8(6)14-9(11)12-2/h5,10H,3-4H2,1-2H3. The number of thiophene rings is 1. The van der Waals surface area contributed by atoms with Crippen molar-refractivity contribution in [1.82, 2.24) is 0 Å². The third-order valence-corrected chi connectivity index (χ3v) is 2.56. The lowest BCUT2D eigenvalue weighted by molar-refractivity contribution is 0.122. The quantitative estimate of drug-likeness (QED) is 0.798. The van der Waals surface area contributed by atoms with Crippen LogP contribution in [-0.2, 0) is 4.74 Å². The third kappa shape index (κ3) is 3.41. The maximum absolute atomic E-state index is 10.8. The van der Waals surface area contributed by atoms with E-state index in [0.29, 0.717) is 10.1 Å². The molecule has 0 aliphatic carbocycles. The van der Waals surface area contributed by atoms with Crippen molar-refractivity contribution in [2.24, 2.45) is 0 Å². The normalized spacial score (nSPS) is 9.80. The van der Waals surface area contributed by atoms with Gasteiger partial charge in [-0.15, -0.1) is 0 Å². The van der Waals surface area contributed by atoms with Gasteiger partial charge in [0.25, 0.3) is 0 Å². The third-order valence-electron chi connectivity index (χ3n) is 1.53. The molecule has 0 unspecified atom stereocenters. The molecule has 15 heavy (non-hydrogen) atoms. The summed E-state index contributed by atoms with van der Waals surface area (Å²) in [4.78, 5) is 10.8. The molecular weight excluding hydrogens is 220 g/mol. The Bertz CT molecular complexity index is 333. The molecule has 5 nitrogen and oxygen atoms in total. The van der Waals surface area contributed by atoms with Gasteiger partial charge in [0.2, 0.25) is 0 Å². The SMILES string of the molecule is COC(=O)Oc1sc(OCCO)cc1C. The molecule has 1 rings (SSSR count). The average molecular weight is 232 g/mol. The number of ether oxygens (including phenoxy) is 3. The molecule has 0 aliphatic heterocycles. The second-order valence-electron chi connectivity index (χ2n) is 2.66. The summed E-state index contributed by atoms with van der Waals surface area (Å²) in [6.07, 6.45) is -0.756. The van der Waals surface area contributed by atoms with Gasteiger partial charge in [0.1, 0.15) is 6.61 Å². The van der Waals surface area contributed by atoms with Crippen LogP contribution in [0.3, 0.4) is 0 Å². The number of aryl methyl sites for hydroxylation is 1. The molecule has 0 spiro atoms. The highest BCUT2D eigenvalue weighted by atomic mass is 32.1. The molecule has 0 fully saturated rings. The lowest BCUT2D eigenvalue weighted by Crippen LogP contribution is -2.06. The number of carbonyl (C=O) groups is 1. The summed E-state index contributed by atoms with van der Waals surface area (Å²) in [5, 5.41) is 9.60. The van der Waals surface area contributed by atoms with Crippen LogP contribution in [0.5, 0.6) is 10.1 Å². The van der Waals surface area contributed by atoms with Crippen molar-refractivity contribution in [1.29, 1.82) is 0 Å². The highest BCUT2D eigenvalue weighted by molar-refractivity contribution is 7.15. The van der Waals surface area contributed by atoms with Crippen LogP contribution in [0.15, 0.2) is 6.07 Å². The van der Waals surface area contributed by atoms with Crippen LogP contribution in [0.1, 0.15) is 5.56 Å². The summed E-state index contributed by atoms with van der Waals surface area (Å²) in [6, 6.07) is 1.73. The molecule has 84 valence electrons. The largest absolute Gasteiger partial charge is 0.514 e. The minimum atomic E-state index is -0.756. The Morgan fingerprint density at radius 1 is 1.60 bits per heavy atom. The molecular formula is C9H12O5S. The van der Waals surface area contributed by atoms with Crippen molar-refractivity contribution < 1.29 is 24.1 Å². The van der Waals surface area contributed by atoms with Crippen molar-refractivity contribution in [3.05, 3.63) is 11.6 Å². The second-order valence-corrected chi connectivity index (χ2v) is 3.64. The fraction of sp³-hybridized carbons (Fsp3) is 0.444. The van der Waals surface area contributed by atoms with E-state index < -0.39 is 6.16 Å². The fourth-order valence-corrected chi connectivity index (χ4v) is 1.76. The minimum absolute atomic E-state index is 0.0514. The minimum Gasteiger partial charge on any atom is -0.481 e. The van der Waals surface area contributed by atoms with Crippen LogP contribution in [-0.4, -0.2) is 31.6 Å². The molecule has 1 heterocycles. The summed E-state index contributed by atoms with van der Waals surface area (Å²) in [5.41, 5.74) is 0.790. The van der Waals surface area contributed by atoms with Crippen molar-refractivity contribution in [2.45, 2.75) is 6.92 Å².